The van der Waals surface area contributed by atoms with Crippen molar-refractivity contribution in [3.63, 3.8) is 0 Å². The SMILES string of the molecule is CCC1(C(=O)O)CCCN(c2ccc(C#N)c(Cl)c2)C1. The lowest BCUT2D eigenvalue weighted by molar-refractivity contribution is -0.149. The summed E-state index contributed by atoms with van der Waals surface area (Å²) in [7, 11) is 0. The normalized spacial score (nSPS) is 22.4. The van der Waals surface area contributed by atoms with Crippen LogP contribution in [0, 0.1) is 16.7 Å². The average molecular weight is 293 g/mol. The van der Waals surface area contributed by atoms with Gasteiger partial charge in [-0.2, -0.15) is 5.26 Å². The molecular formula is C15H17ClN2O2. The van der Waals surface area contributed by atoms with Gasteiger partial charge in [0, 0.05) is 18.8 Å². The van der Waals surface area contributed by atoms with E-state index < -0.39 is 11.4 Å². The van der Waals surface area contributed by atoms with Crippen LogP contribution in [0.2, 0.25) is 5.02 Å². The molecule has 1 aliphatic rings. The second-order valence-electron chi connectivity index (χ2n) is 5.24. The Morgan fingerprint density at radius 3 is 2.90 bits per heavy atom. The highest BCUT2D eigenvalue weighted by Gasteiger charge is 2.40. The summed E-state index contributed by atoms with van der Waals surface area (Å²) >= 11 is 6.05. The molecule has 1 aliphatic heterocycles. The van der Waals surface area contributed by atoms with Crippen LogP contribution in [-0.2, 0) is 4.79 Å². The van der Waals surface area contributed by atoms with E-state index in [2.05, 4.69) is 0 Å². The van der Waals surface area contributed by atoms with Gasteiger partial charge in [0.1, 0.15) is 6.07 Å². The van der Waals surface area contributed by atoms with Gasteiger partial charge in [0.05, 0.1) is 16.0 Å². The summed E-state index contributed by atoms with van der Waals surface area (Å²) in [5.41, 5.74) is 0.638. The predicted molar refractivity (Wildman–Crippen MR) is 78.0 cm³/mol. The summed E-state index contributed by atoms with van der Waals surface area (Å²) in [5, 5.41) is 18.8. The number of halogens is 1. The molecule has 0 saturated carbocycles. The molecule has 0 spiro atoms. The number of hydrogen-bond donors (Lipinski definition) is 1. The van der Waals surface area contributed by atoms with Gasteiger partial charge < -0.3 is 10.0 Å². The van der Waals surface area contributed by atoms with E-state index in [0.717, 1.165) is 18.7 Å². The molecule has 0 bridgehead atoms. The monoisotopic (exact) mass is 292 g/mol. The maximum absolute atomic E-state index is 11.6. The third kappa shape index (κ3) is 2.59. The lowest BCUT2D eigenvalue weighted by atomic mass is 9.77. The molecular weight excluding hydrogens is 276 g/mol. The van der Waals surface area contributed by atoms with E-state index in [9.17, 15) is 9.90 Å². The van der Waals surface area contributed by atoms with Crippen molar-refractivity contribution in [3.05, 3.63) is 28.8 Å². The van der Waals surface area contributed by atoms with Crippen LogP contribution in [0.3, 0.4) is 0 Å². The zero-order valence-electron chi connectivity index (χ0n) is 11.4. The molecule has 1 N–H and O–H groups in total. The van der Waals surface area contributed by atoms with Gasteiger partial charge in [-0.1, -0.05) is 18.5 Å². The highest BCUT2D eigenvalue weighted by molar-refractivity contribution is 6.32. The third-order valence-corrected chi connectivity index (χ3v) is 4.46. The standard InChI is InChI=1S/C15H17ClN2O2/c1-2-15(14(19)20)6-3-7-18(10-15)12-5-4-11(9-17)13(16)8-12/h4-5,8H,2-3,6-7,10H2,1H3,(H,19,20). The average Bonchev–Trinajstić information content (AvgIpc) is 2.47. The Hall–Kier alpha value is -1.73. The van der Waals surface area contributed by atoms with Crippen LogP contribution in [0.25, 0.3) is 0 Å². The Labute approximate surface area is 123 Å². The maximum atomic E-state index is 11.6. The fourth-order valence-corrected chi connectivity index (χ4v) is 2.97. The molecule has 20 heavy (non-hydrogen) atoms. The lowest BCUT2D eigenvalue weighted by Crippen LogP contribution is -2.47. The second-order valence-corrected chi connectivity index (χ2v) is 5.65. The van der Waals surface area contributed by atoms with Crippen molar-refractivity contribution in [2.75, 3.05) is 18.0 Å². The number of nitriles is 1. The largest absolute Gasteiger partial charge is 0.481 e. The highest BCUT2D eigenvalue weighted by Crippen LogP contribution is 2.36. The van der Waals surface area contributed by atoms with E-state index in [1.165, 1.54) is 0 Å². The van der Waals surface area contributed by atoms with Crippen molar-refractivity contribution in [2.45, 2.75) is 26.2 Å². The molecule has 0 amide bonds. The number of carboxylic acid groups (broad SMARTS) is 1. The van der Waals surface area contributed by atoms with E-state index in [1.807, 2.05) is 24.0 Å². The molecule has 1 atom stereocenters. The molecule has 0 aromatic heterocycles. The molecule has 1 heterocycles. The lowest BCUT2D eigenvalue weighted by Gasteiger charge is -2.40. The van der Waals surface area contributed by atoms with Crippen molar-refractivity contribution in [1.82, 2.24) is 0 Å². The number of benzene rings is 1. The molecule has 5 heteroatoms. The zero-order valence-corrected chi connectivity index (χ0v) is 12.2. The molecule has 1 aromatic rings. The Morgan fingerprint density at radius 2 is 2.35 bits per heavy atom. The first-order valence-electron chi connectivity index (χ1n) is 6.70. The molecule has 0 aliphatic carbocycles. The number of carbonyl (C=O) groups is 1. The number of hydrogen-bond acceptors (Lipinski definition) is 3. The smallest absolute Gasteiger partial charge is 0.311 e. The molecule has 1 aromatic carbocycles. The third-order valence-electron chi connectivity index (χ3n) is 4.15. The van der Waals surface area contributed by atoms with Gasteiger partial charge in [-0.05, 0) is 37.5 Å². The van der Waals surface area contributed by atoms with E-state index in [-0.39, 0.29) is 0 Å². The highest BCUT2D eigenvalue weighted by atomic mass is 35.5. The summed E-state index contributed by atoms with van der Waals surface area (Å²) in [5.74, 6) is -0.732. The molecule has 4 nitrogen and oxygen atoms in total. The number of rotatable bonds is 3. The second kappa shape index (κ2) is 5.72. The van der Waals surface area contributed by atoms with Crippen molar-refractivity contribution in [1.29, 1.82) is 5.26 Å². The van der Waals surface area contributed by atoms with Crippen molar-refractivity contribution >= 4 is 23.3 Å². The maximum Gasteiger partial charge on any atom is 0.311 e. The fraction of sp³-hybridized carbons (Fsp3) is 0.467. The predicted octanol–water partition coefficient (Wildman–Crippen LogP) is 3.29. The van der Waals surface area contributed by atoms with Gasteiger partial charge in [-0.15, -0.1) is 0 Å². The number of nitrogens with zero attached hydrogens (tertiary/aromatic N) is 2. The van der Waals surface area contributed by atoms with Crippen LogP contribution >= 0.6 is 11.6 Å². The first kappa shape index (κ1) is 14.7. The minimum Gasteiger partial charge on any atom is -0.481 e. The van der Waals surface area contributed by atoms with Crippen LogP contribution in [0.1, 0.15) is 31.7 Å². The minimum absolute atomic E-state index is 0.410. The van der Waals surface area contributed by atoms with Gasteiger partial charge in [-0.3, -0.25) is 4.79 Å². The molecule has 0 radical (unpaired) electrons. The van der Waals surface area contributed by atoms with Gasteiger partial charge in [-0.25, -0.2) is 0 Å². The molecule has 1 saturated heterocycles. The van der Waals surface area contributed by atoms with Crippen molar-refractivity contribution in [3.8, 4) is 6.07 Å². The van der Waals surface area contributed by atoms with E-state index in [4.69, 9.17) is 16.9 Å². The van der Waals surface area contributed by atoms with Crippen LogP contribution in [-0.4, -0.2) is 24.2 Å². The fourth-order valence-electron chi connectivity index (χ4n) is 2.76. The number of aliphatic carboxylic acids is 1. The van der Waals surface area contributed by atoms with Gasteiger partial charge in [0.2, 0.25) is 0 Å². The molecule has 2 rings (SSSR count). The Kier molecular flexibility index (Phi) is 4.20. The molecule has 1 fully saturated rings. The van der Waals surface area contributed by atoms with Crippen molar-refractivity contribution in [2.24, 2.45) is 5.41 Å². The first-order chi connectivity index (χ1) is 9.52. The topological polar surface area (TPSA) is 64.3 Å². The Balaban J connectivity index is 2.27. The minimum atomic E-state index is -0.732. The van der Waals surface area contributed by atoms with E-state index in [0.29, 0.717) is 30.0 Å². The van der Waals surface area contributed by atoms with Crippen LogP contribution in [0.15, 0.2) is 18.2 Å². The van der Waals surface area contributed by atoms with Crippen molar-refractivity contribution < 1.29 is 9.90 Å². The number of carboxylic acids is 1. The Bertz CT molecular complexity index is 567. The van der Waals surface area contributed by atoms with Crippen LogP contribution < -0.4 is 4.90 Å². The molecule has 106 valence electrons. The first-order valence-corrected chi connectivity index (χ1v) is 7.08. The van der Waals surface area contributed by atoms with Gasteiger partial charge >= 0.3 is 5.97 Å². The van der Waals surface area contributed by atoms with Crippen LogP contribution in [0.5, 0.6) is 0 Å². The summed E-state index contributed by atoms with van der Waals surface area (Å²) in [6.07, 6.45) is 2.17. The number of piperidine rings is 1. The summed E-state index contributed by atoms with van der Waals surface area (Å²) in [4.78, 5) is 13.6. The van der Waals surface area contributed by atoms with Gasteiger partial charge in [0.25, 0.3) is 0 Å². The summed E-state index contributed by atoms with van der Waals surface area (Å²) in [6.45, 7) is 3.22. The summed E-state index contributed by atoms with van der Waals surface area (Å²) in [6, 6.07) is 7.28. The summed E-state index contributed by atoms with van der Waals surface area (Å²) < 4.78 is 0. The quantitative estimate of drug-likeness (QED) is 0.928. The van der Waals surface area contributed by atoms with E-state index >= 15 is 0 Å². The number of anilines is 1. The molecule has 1 unspecified atom stereocenters. The zero-order chi connectivity index (χ0) is 14.8. The van der Waals surface area contributed by atoms with Crippen LogP contribution in [0.4, 0.5) is 5.69 Å². The Morgan fingerprint density at radius 1 is 1.60 bits per heavy atom. The van der Waals surface area contributed by atoms with Gasteiger partial charge in [0.15, 0.2) is 0 Å². The van der Waals surface area contributed by atoms with E-state index in [1.54, 1.807) is 12.1 Å².